The highest BCUT2D eigenvalue weighted by atomic mass is 79.9. The van der Waals surface area contributed by atoms with Crippen LogP contribution in [0.1, 0.15) is 20.3 Å². The van der Waals surface area contributed by atoms with Gasteiger partial charge in [-0.15, -0.1) is 0 Å². The summed E-state index contributed by atoms with van der Waals surface area (Å²) >= 11 is 3.26. The topological polar surface area (TPSA) is 75.1 Å². The van der Waals surface area contributed by atoms with Crippen LogP contribution in [0.2, 0.25) is 0 Å². The van der Waals surface area contributed by atoms with Crippen molar-refractivity contribution in [1.82, 2.24) is 9.97 Å². The van der Waals surface area contributed by atoms with Gasteiger partial charge in [-0.1, -0.05) is 13.8 Å². The predicted octanol–water partition coefficient (Wildman–Crippen LogP) is 2.15. The first-order valence-corrected chi connectivity index (χ1v) is 5.75. The van der Waals surface area contributed by atoms with E-state index in [4.69, 9.17) is 5.11 Å². The van der Waals surface area contributed by atoms with Crippen LogP contribution in [0.5, 0.6) is 0 Å². The minimum atomic E-state index is -0.876. The number of carboxylic acid groups (broad SMARTS) is 1. The van der Waals surface area contributed by atoms with Gasteiger partial charge in [0.2, 0.25) is 0 Å². The van der Waals surface area contributed by atoms with Crippen LogP contribution in [0.25, 0.3) is 0 Å². The summed E-state index contributed by atoms with van der Waals surface area (Å²) in [7, 11) is 0. The van der Waals surface area contributed by atoms with Crippen LogP contribution in [0.3, 0.4) is 0 Å². The maximum absolute atomic E-state index is 11.0. The first kappa shape index (κ1) is 12.9. The average molecular weight is 288 g/mol. The molecule has 1 heterocycles. The number of hydrogen-bond acceptors (Lipinski definition) is 4. The van der Waals surface area contributed by atoms with Crippen LogP contribution in [0, 0.1) is 5.92 Å². The number of hydrogen-bond donors (Lipinski definition) is 2. The molecule has 0 saturated heterocycles. The fourth-order valence-electron chi connectivity index (χ4n) is 1.28. The zero-order valence-corrected chi connectivity index (χ0v) is 10.7. The molecule has 0 bridgehead atoms. The van der Waals surface area contributed by atoms with E-state index in [-0.39, 0.29) is 0 Å². The summed E-state index contributed by atoms with van der Waals surface area (Å²) in [5.74, 6) is -0.0727. The summed E-state index contributed by atoms with van der Waals surface area (Å²) in [6.07, 6.45) is 3.50. The van der Waals surface area contributed by atoms with Crippen molar-refractivity contribution in [3.63, 3.8) is 0 Å². The largest absolute Gasteiger partial charge is 0.480 e. The van der Waals surface area contributed by atoms with Crippen LogP contribution < -0.4 is 5.32 Å². The molecule has 0 fully saturated rings. The number of nitrogens with one attached hydrogen (secondary N) is 1. The third-order valence-corrected chi connectivity index (χ3v) is 2.56. The first-order chi connectivity index (χ1) is 7.50. The van der Waals surface area contributed by atoms with E-state index in [1.165, 1.54) is 6.33 Å². The highest BCUT2D eigenvalue weighted by molar-refractivity contribution is 9.10. The van der Waals surface area contributed by atoms with Crippen LogP contribution in [-0.2, 0) is 4.79 Å². The third-order valence-electron chi connectivity index (χ3n) is 1.98. The van der Waals surface area contributed by atoms with Gasteiger partial charge in [0, 0.05) is 6.20 Å². The van der Waals surface area contributed by atoms with E-state index in [0.717, 1.165) is 0 Å². The molecule has 0 unspecified atom stereocenters. The van der Waals surface area contributed by atoms with Crippen LogP contribution in [0.4, 0.5) is 5.82 Å². The molecule has 0 saturated carbocycles. The van der Waals surface area contributed by atoms with E-state index < -0.39 is 12.0 Å². The van der Waals surface area contributed by atoms with Crippen LogP contribution in [-0.4, -0.2) is 27.1 Å². The molecule has 1 aromatic rings. The first-order valence-electron chi connectivity index (χ1n) is 4.95. The molecular formula is C10H14BrN3O2. The van der Waals surface area contributed by atoms with Gasteiger partial charge in [0.1, 0.15) is 18.2 Å². The fraction of sp³-hybridized carbons (Fsp3) is 0.500. The SMILES string of the molecule is CC(C)C[C@@H](Nc1ncncc1Br)C(=O)O. The minimum absolute atomic E-state index is 0.300. The molecule has 0 aromatic carbocycles. The highest BCUT2D eigenvalue weighted by Crippen LogP contribution is 2.19. The fourth-order valence-corrected chi connectivity index (χ4v) is 1.61. The van der Waals surface area contributed by atoms with E-state index in [0.29, 0.717) is 22.6 Å². The summed E-state index contributed by atoms with van der Waals surface area (Å²) in [6, 6.07) is -0.633. The standard InChI is InChI=1S/C10H14BrN3O2/c1-6(2)3-8(10(15)16)14-9-7(11)4-12-5-13-9/h4-6,8H,3H2,1-2H3,(H,15,16)(H,12,13,14)/t8-/m1/s1. The average Bonchev–Trinajstić information content (AvgIpc) is 2.19. The summed E-state index contributed by atoms with van der Waals surface area (Å²) < 4.78 is 0.657. The van der Waals surface area contributed by atoms with Gasteiger partial charge in [-0.25, -0.2) is 14.8 Å². The Balaban J connectivity index is 2.76. The third kappa shape index (κ3) is 3.77. The molecule has 0 aliphatic carbocycles. The minimum Gasteiger partial charge on any atom is -0.480 e. The number of aromatic nitrogens is 2. The van der Waals surface area contributed by atoms with Gasteiger partial charge >= 0.3 is 5.97 Å². The summed E-state index contributed by atoms with van der Waals surface area (Å²) in [4.78, 5) is 18.8. The number of carbonyl (C=O) groups is 1. The molecule has 1 aromatic heterocycles. The summed E-state index contributed by atoms with van der Waals surface area (Å²) in [5.41, 5.74) is 0. The Morgan fingerprint density at radius 1 is 1.62 bits per heavy atom. The number of aliphatic carboxylic acids is 1. The Kier molecular flexibility index (Phi) is 4.67. The van der Waals surface area contributed by atoms with Crippen molar-refractivity contribution in [1.29, 1.82) is 0 Å². The predicted molar refractivity (Wildman–Crippen MR) is 64.2 cm³/mol. The second kappa shape index (κ2) is 5.79. The smallest absolute Gasteiger partial charge is 0.326 e. The lowest BCUT2D eigenvalue weighted by atomic mass is 10.0. The number of halogens is 1. The molecule has 88 valence electrons. The Labute approximate surface area is 102 Å². The van der Waals surface area contributed by atoms with E-state index in [9.17, 15) is 4.79 Å². The number of rotatable bonds is 5. The van der Waals surface area contributed by atoms with E-state index in [1.807, 2.05) is 13.8 Å². The molecule has 0 radical (unpaired) electrons. The normalized spacial score (nSPS) is 12.5. The van der Waals surface area contributed by atoms with Crippen LogP contribution in [0.15, 0.2) is 17.0 Å². The Hall–Kier alpha value is -1.17. The van der Waals surface area contributed by atoms with Crippen molar-refractivity contribution >= 4 is 27.7 Å². The van der Waals surface area contributed by atoms with Crippen molar-refractivity contribution in [2.24, 2.45) is 5.92 Å². The molecule has 0 amide bonds. The molecule has 1 atom stereocenters. The zero-order chi connectivity index (χ0) is 12.1. The second-order valence-electron chi connectivity index (χ2n) is 3.88. The lowest BCUT2D eigenvalue weighted by Crippen LogP contribution is -2.31. The van der Waals surface area contributed by atoms with E-state index in [2.05, 4.69) is 31.2 Å². The quantitative estimate of drug-likeness (QED) is 0.868. The maximum Gasteiger partial charge on any atom is 0.326 e. The lowest BCUT2D eigenvalue weighted by Gasteiger charge is -2.17. The maximum atomic E-state index is 11.0. The second-order valence-corrected chi connectivity index (χ2v) is 4.74. The number of nitrogens with zero attached hydrogens (tertiary/aromatic N) is 2. The Morgan fingerprint density at radius 3 is 2.81 bits per heavy atom. The van der Waals surface area contributed by atoms with Gasteiger partial charge in [0.05, 0.1) is 4.47 Å². The lowest BCUT2D eigenvalue weighted by molar-refractivity contribution is -0.138. The summed E-state index contributed by atoms with van der Waals surface area (Å²) in [6.45, 7) is 3.96. The van der Waals surface area contributed by atoms with Crippen LogP contribution >= 0.6 is 15.9 Å². The zero-order valence-electron chi connectivity index (χ0n) is 9.14. The Bertz CT molecular complexity index is 371. The van der Waals surface area contributed by atoms with Crippen molar-refractivity contribution in [3.05, 3.63) is 17.0 Å². The molecule has 0 spiro atoms. The van der Waals surface area contributed by atoms with Gasteiger partial charge in [0.25, 0.3) is 0 Å². The van der Waals surface area contributed by atoms with Gasteiger partial charge < -0.3 is 10.4 Å². The van der Waals surface area contributed by atoms with Gasteiger partial charge in [-0.3, -0.25) is 0 Å². The summed E-state index contributed by atoms with van der Waals surface area (Å²) in [5, 5.41) is 11.9. The highest BCUT2D eigenvalue weighted by Gasteiger charge is 2.19. The monoisotopic (exact) mass is 287 g/mol. The number of anilines is 1. The number of carboxylic acids is 1. The Morgan fingerprint density at radius 2 is 2.31 bits per heavy atom. The van der Waals surface area contributed by atoms with E-state index in [1.54, 1.807) is 6.20 Å². The molecule has 16 heavy (non-hydrogen) atoms. The molecular weight excluding hydrogens is 274 g/mol. The molecule has 0 aliphatic rings. The molecule has 6 heteroatoms. The van der Waals surface area contributed by atoms with Crippen molar-refractivity contribution in [3.8, 4) is 0 Å². The molecule has 2 N–H and O–H groups in total. The van der Waals surface area contributed by atoms with Gasteiger partial charge in [0.15, 0.2) is 0 Å². The van der Waals surface area contributed by atoms with Crippen molar-refractivity contribution in [2.75, 3.05) is 5.32 Å². The molecule has 0 aliphatic heterocycles. The van der Waals surface area contributed by atoms with Gasteiger partial charge in [-0.05, 0) is 28.3 Å². The molecule has 5 nitrogen and oxygen atoms in total. The van der Waals surface area contributed by atoms with Gasteiger partial charge in [-0.2, -0.15) is 0 Å². The van der Waals surface area contributed by atoms with Crippen molar-refractivity contribution < 1.29 is 9.90 Å². The van der Waals surface area contributed by atoms with Crippen molar-refractivity contribution in [2.45, 2.75) is 26.3 Å². The van der Waals surface area contributed by atoms with E-state index >= 15 is 0 Å². The molecule has 1 rings (SSSR count).